The van der Waals surface area contributed by atoms with Crippen LogP contribution in [0.4, 0.5) is 10.5 Å². The van der Waals surface area contributed by atoms with Gasteiger partial charge in [-0.05, 0) is 55.8 Å². The Kier molecular flexibility index (Phi) is 6.30. The van der Waals surface area contributed by atoms with Crippen molar-refractivity contribution in [2.24, 2.45) is 0 Å². The number of nitrogens with zero attached hydrogens (tertiary/aromatic N) is 2. The summed E-state index contributed by atoms with van der Waals surface area (Å²) in [5.74, 6) is 0.0863. The van der Waals surface area contributed by atoms with Gasteiger partial charge in [0.1, 0.15) is 0 Å². The smallest absolute Gasteiger partial charge is 0.321 e. The monoisotopic (exact) mass is 405 g/mol. The highest BCUT2D eigenvalue weighted by molar-refractivity contribution is 6.35. The molecule has 27 heavy (non-hydrogen) atoms. The highest BCUT2D eigenvalue weighted by Crippen LogP contribution is 2.40. The lowest BCUT2D eigenvalue weighted by atomic mass is 9.84. The molecular weight excluding hydrogens is 381 g/mol. The van der Waals surface area contributed by atoms with Gasteiger partial charge in [0.2, 0.25) is 0 Å². The fourth-order valence-corrected chi connectivity index (χ4v) is 4.30. The minimum absolute atomic E-state index is 0.0824. The summed E-state index contributed by atoms with van der Waals surface area (Å²) in [6.45, 7) is 6.92. The maximum Gasteiger partial charge on any atom is 0.321 e. The number of hydrogen-bond acceptors (Lipinski definition) is 2. The number of hydrogen-bond donors (Lipinski definition) is 1. The molecule has 6 heteroatoms. The molecule has 1 unspecified atom stereocenters. The molecule has 0 fully saturated rings. The van der Waals surface area contributed by atoms with E-state index in [2.05, 4.69) is 23.3 Å². The van der Waals surface area contributed by atoms with E-state index in [4.69, 9.17) is 23.2 Å². The van der Waals surface area contributed by atoms with Gasteiger partial charge in [0.05, 0.1) is 0 Å². The summed E-state index contributed by atoms with van der Waals surface area (Å²) in [7, 11) is 2.08. The molecule has 1 aliphatic heterocycles. The summed E-state index contributed by atoms with van der Waals surface area (Å²) in [6, 6.07) is 11.7. The number of benzene rings is 2. The Morgan fingerprint density at radius 3 is 2.59 bits per heavy atom. The molecule has 0 saturated carbocycles. The van der Waals surface area contributed by atoms with E-state index in [1.54, 1.807) is 11.0 Å². The molecule has 0 aromatic heterocycles. The lowest BCUT2D eigenvalue weighted by Crippen LogP contribution is -2.35. The Morgan fingerprint density at radius 1 is 1.19 bits per heavy atom. The quantitative estimate of drug-likeness (QED) is 0.734. The highest BCUT2D eigenvalue weighted by atomic mass is 35.5. The normalized spacial score (nSPS) is 16.7. The Bertz CT molecular complexity index is 836. The van der Waals surface area contributed by atoms with E-state index in [-0.39, 0.29) is 11.9 Å². The number of halogens is 2. The number of para-hydroxylation sites is 1. The summed E-state index contributed by atoms with van der Waals surface area (Å²) in [5, 5.41) is 4.42. The zero-order valence-corrected chi connectivity index (χ0v) is 17.4. The van der Waals surface area contributed by atoms with Crippen LogP contribution in [-0.4, -0.2) is 42.5 Å². The second kappa shape index (κ2) is 8.51. The second-order valence-electron chi connectivity index (χ2n) is 6.89. The van der Waals surface area contributed by atoms with Crippen LogP contribution in [0, 0.1) is 0 Å². The van der Waals surface area contributed by atoms with Crippen molar-refractivity contribution < 1.29 is 4.79 Å². The molecule has 1 heterocycles. The Morgan fingerprint density at radius 2 is 1.89 bits per heavy atom. The zero-order chi connectivity index (χ0) is 19.6. The van der Waals surface area contributed by atoms with Crippen molar-refractivity contribution in [3.8, 4) is 0 Å². The third-order valence-corrected chi connectivity index (χ3v) is 5.68. The van der Waals surface area contributed by atoms with Crippen molar-refractivity contribution >= 4 is 34.9 Å². The first-order valence-corrected chi connectivity index (χ1v) is 10.0. The van der Waals surface area contributed by atoms with Crippen LogP contribution in [-0.2, 0) is 6.54 Å². The van der Waals surface area contributed by atoms with Gasteiger partial charge in [-0.1, -0.05) is 41.4 Å². The molecule has 0 radical (unpaired) electrons. The first-order valence-electron chi connectivity index (χ1n) is 9.25. The number of rotatable bonds is 4. The Labute approximate surface area is 171 Å². The highest BCUT2D eigenvalue weighted by Gasteiger charge is 2.29. The Balaban J connectivity index is 2.02. The van der Waals surface area contributed by atoms with E-state index in [1.807, 2.05) is 38.1 Å². The lowest BCUT2D eigenvalue weighted by molar-refractivity contribution is 0.217. The minimum atomic E-state index is -0.0824. The second-order valence-corrected chi connectivity index (χ2v) is 7.74. The molecule has 2 aromatic rings. The predicted octanol–water partition coefficient (Wildman–Crippen LogP) is 5.44. The van der Waals surface area contributed by atoms with E-state index in [1.165, 1.54) is 0 Å². The van der Waals surface area contributed by atoms with Gasteiger partial charge < -0.3 is 15.1 Å². The van der Waals surface area contributed by atoms with Gasteiger partial charge in [-0.15, -0.1) is 0 Å². The summed E-state index contributed by atoms with van der Waals surface area (Å²) in [5.41, 5.74) is 4.14. The van der Waals surface area contributed by atoms with Crippen LogP contribution in [0.2, 0.25) is 10.0 Å². The van der Waals surface area contributed by atoms with Crippen LogP contribution in [0.1, 0.15) is 36.5 Å². The average molecular weight is 406 g/mol. The lowest BCUT2D eigenvalue weighted by Gasteiger charge is -2.34. The number of fused-ring (bicyclic) bond motifs is 1. The van der Waals surface area contributed by atoms with E-state index < -0.39 is 0 Å². The van der Waals surface area contributed by atoms with Crippen LogP contribution < -0.4 is 5.32 Å². The number of carbonyl (C=O) groups is 1. The third-order valence-electron chi connectivity index (χ3n) is 5.12. The number of anilines is 1. The third kappa shape index (κ3) is 4.23. The van der Waals surface area contributed by atoms with E-state index >= 15 is 0 Å². The predicted molar refractivity (Wildman–Crippen MR) is 113 cm³/mol. The molecule has 1 aliphatic rings. The van der Waals surface area contributed by atoms with Crippen molar-refractivity contribution in [1.29, 1.82) is 0 Å². The molecule has 0 aliphatic carbocycles. The molecule has 3 rings (SSSR count). The van der Waals surface area contributed by atoms with E-state index in [9.17, 15) is 4.79 Å². The van der Waals surface area contributed by atoms with Gasteiger partial charge in [0, 0.05) is 47.8 Å². The first kappa shape index (κ1) is 20.0. The minimum Gasteiger partial charge on any atom is -0.325 e. The molecule has 4 nitrogen and oxygen atoms in total. The number of urea groups is 1. The fourth-order valence-electron chi connectivity index (χ4n) is 3.73. The number of likely N-dealkylation sites (N-methyl/N-ethyl adjacent to an activating group) is 1. The number of carbonyl (C=O) groups excluding carboxylic acids is 1. The van der Waals surface area contributed by atoms with Crippen LogP contribution in [0.3, 0.4) is 0 Å². The SMILES string of the molecule is CCN(CC)C(=O)Nc1ccccc1C1CN(C)Cc2c(Cl)cc(Cl)cc21. The largest absolute Gasteiger partial charge is 0.325 e. The molecule has 1 N–H and O–H groups in total. The molecule has 0 saturated heterocycles. The van der Waals surface area contributed by atoms with Crippen LogP contribution in [0.25, 0.3) is 0 Å². The fraction of sp³-hybridized carbons (Fsp3) is 0.381. The number of amides is 2. The van der Waals surface area contributed by atoms with Crippen molar-refractivity contribution in [3.63, 3.8) is 0 Å². The van der Waals surface area contributed by atoms with Crippen LogP contribution >= 0.6 is 23.2 Å². The van der Waals surface area contributed by atoms with Gasteiger partial charge in [0.25, 0.3) is 0 Å². The molecule has 2 amide bonds. The molecule has 0 bridgehead atoms. The van der Waals surface area contributed by atoms with Gasteiger partial charge >= 0.3 is 6.03 Å². The van der Waals surface area contributed by atoms with Gasteiger partial charge in [-0.3, -0.25) is 0 Å². The van der Waals surface area contributed by atoms with Crippen molar-refractivity contribution in [1.82, 2.24) is 9.80 Å². The standard InChI is InChI=1S/C21H25Cl2N3O/c1-4-26(5-2)21(27)24-20-9-7-6-8-15(20)17-12-25(3)13-18-16(17)10-14(22)11-19(18)23/h6-11,17H,4-5,12-13H2,1-3H3,(H,24,27). The first-order chi connectivity index (χ1) is 12.9. The zero-order valence-electron chi connectivity index (χ0n) is 15.9. The molecule has 0 spiro atoms. The maximum absolute atomic E-state index is 12.6. The van der Waals surface area contributed by atoms with Crippen LogP contribution in [0.5, 0.6) is 0 Å². The summed E-state index contributed by atoms with van der Waals surface area (Å²) < 4.78 is 0. The molecular formula is C21H25Cl2N3O. The van der Waals surface area contributed by atoms with Crippen LogP contribution in [0.15, 0.2) is 36.4 Å². The summed E-state index contributed by atoms with van der Waals surface area (Å²) in [4.78, 5) is 16.6. The molecule has 144 valence electrons. The topological polar surface area (TPSA) is 35.6 Å². The van der Waals surface area contributed by atoms with Gasteiger partial charge in [0.15, 0.2) is 0 Å². The molecule has 1 atom stereocenters. The summed E-state index contributed by atoms with van der Waals surface area (Å²) in [6.07, 6.45) is 0. The maximum atomic E-state index is 12.6. The van der Waals surface area contributed by atoms with Gasteiger partial charge in [-0.25, -0.2) is 4.79 Å². The Hall–Kier alpha value is -1.75. The van der Waals surface area contributed by atoms with Crippen molar-refractivity contribution in [2.75, 3.05) is 32.0 Å². The van der Waals surface area contributed by atoms with Gasteiger partial charge in [-0.2, -0.15) is 0 Å². The van der Waals surface area contributed by atoms with E-state index in [0.717, 1.165) is 35.5 Å². The summed E-state index contributed by atoms with van der Waals surface area (Å²) >= 11 is 12.8. The van der Waals surface area contributed by atoms with Crippen molar-refractivity contribution in [2.45, 2.75) is 26.3 Å². The number of nitrogens with one attached hydrogen (secondary N) is 1. The van der Waals surface area contributed by atoms with E-state index in [0.29, 0.717) is 23.1 Å². The average Bonchev–Trinajstić information content (AvgIpc) is 2.63. The molecule has 2 aromatic carbocycles. The van der Waals surface area contributed by atoms with Crippen molar-refractivity contribution in [3.05, 3.63) is 63.1 Å².